The summed E-state index contributed by atoms with van der Waals surface area (Å²) in [5, 5.41) is 6.41. The Bertz CT molecular complexity index is 964. The van der Waals surface area contributed by atoms with Gasteiger partial charge in [0.15, 0.2) is 5.13 Å². The summed E-state index contributed by atoms with van der Waals surface area (Å²) in [7, 11) is 0. The van der Waals surface area contributed by atoms with Crippen LogP contribution in [0.4, 0.5) is 10.9 Å². The number of fused-ring (bicyclic) bond motifs is 1. The van der Waals surface area contributed by atoms with Crippen LogP contribution in [0, 0.1) is 0 Å². The van der Waals surface area contributed by atoms with Crippen LogP contribution in [0.15, 0.2) is 35.7 Å². The van der Waals surface area contributed by atoms with E-state index >= 15 is 0 Å². The van der Waals surface area contributed by atoms with Gasteiger partial charge in [0.05, 0.1) is 30.0 Å². The van der Waals surface area contributed by atoms with Crippen molar-refractivity contribution in [2.75, 3.05) is 36.5 Å². The van der Waals surface area contributed by atoms with E-state index in [0.29, 0.717) is 29.8 Å². The lowest BCUT2D eigenvalue weighted by atomic mass is 10.1. The van der Waals surface area contributed by atoms with E-state index in [0.717, 1.165) is 35.5 Å². The van der Waals surface area contributed by atoms with Crippen molar-refractivity contribution in [1.29, 1.82) is 0 Å². The molecule has 2 aromatic heterocycles. The van der Waals surface area contributed by atoms with Gasteiger partial charge in [0.1, 0.15) is 5.82 Å². The fourth-order valence-corrected chi connectivity index (χ4v) is 3.94. The highest BCUT2D eigenvalue weighted by Crippen LogP contribution is 2.26. The molecule has 0 spiro atoms. The van der Waals surface area contributed by atoms with E-state index in [-0.39, 0.29) is 5.91 Å². The maximum Gasteiger partial charge on any atom is 0.258 e. The van der Waals surface area contributed by atoms with Crippen LogP contribution in [-0.4, -0.2) is 42.2 Å². The van der Waals surface area contributed by atoms with Crippen molar-refractivity contribution in [2.24, 2.45) is 0 Å². The number of nitrogens with one attached hydrogen (secondary N) is 1. The first-order valence-electron chi connectivity index (χ1n) is 9.11. The monoisotopic (exact) mass is 382 g/mol. The number of aromatic nitrogens is 2. The van der Waals surface area contributed by atoms with Crippen LogP contribution < -0.4 is 10.2 Å². The van der Waals surface area contributed by atoms with Crippen LogP contribution in [-0.2, 0) is 4.74 Å². The number of thiazole rings is 1. The molecule has 3 heterocycles. The molecule has 1 N–H and O–H groups in total. The van der Waals surface area contributed by atoms with Gasteiger partial charge in [-0.15, -0.1) is 11.3 Å². The molecule has 1 fully saturated rings. The van der Waals surface area contributed by atoms with Crippen molar-refractivity contribution in [3.63, 3.8) is 0 Å². The number of ether oxygens (including phenoxy) is 1. The molecule has 3 aromatic rings. The molecule has 1 aliphatic heterocycles. The van der Waals surface area contributed by atoms with Crippen molar-refractivity contribution in [2.45, 2.75) is 19.8 Å². The second-order valence-corrected chi connectivity index (χ2v) is 7.69. The summed E-state index contributed by atoms with van der Waals surface area (Å²) >= 11 is 1.45. The molecule has 1 amide bonds. The number of carbonyl (C=O) groups is 1. The predicted molar refractivity (Wildman–Crippen MR) is 109 cm³/mol. The van der Waals surface area contributed by atoms with E-state index in [4.69, 9.17) is 9.72 Å². The number of hydrogen-bond acceptors (Lipinski definition) is 6. The Morgan fingerprint density at radius 3 is 2.74 bits per heavy atom. The molecule has 140 valence electrons. The van der Waals surface area contributed by atoms with E-state index in [1.54, 1.807) is 0 Å². The number of morpholine rings is 1. The van der Waals surface area contributed by atoms with Crippen LogP contribution >= 0.6 is 11.3 Å². The minimum absolute atomic E-state index is 0.159. The molecule has 4 rings (SSSR count). The molecule has 1 saturated heterocycles. The van der Waals surface area contributed by atoms with Gasteiger partial charge in [-0.3, -0.25) is 10.1 Å². The molecule has 0 radical (unpaired) electrons. The van der Waals surface area contributed by atoms with Gasteiger partial charge in [-0.2, -0.15) is 0 Å². The Labute approximate surface area is 162 Å². The molecule has 0 saturated carbocycles. The van der Waals surface area contributed by atoms with Gasteiger partial charge in [0.2, 0.25) is 0 Å². The third kappa shape index (κ3) is 3.79. The smallest absolute Gasteiger partial charge is 0.258 e. The minimum atomic E-state index is -0.159. The third-order valence-electron chi connectivity index (χ3n) is 4.62. The molecule has 0 bridgehead atoms. The molecular formula is C20H22N4O2S. The van der Waals surface area contributed by atoms with E-state index in [1.165, 1.54) is 11.3 Å². The van der Waals surface area contributed by atoms with Crippen LogP contribution in [0.3, 0.4) is 0 Å². The first-order chi connectivity index (χ1) is 13.1. The van der Waals surface area contributed by atoms with Crippen molar-refractivity contribution >= 4 is 39.1 Å². The fraction of sp³-hybridized carbons (Fsp3) is 0.350. The molecule has 0 atom stereocenters. The zero-order chi connectivity index (χ0) is 18.8. The van der Waals surface area contributed by atoms with Crippen LogP contribution in [0.5, 0.6) is 0 Å². The van der Waals surface area contributed by atoms with Crippen molar-refractivity contribution < 1.29 is 9.53 Å². The van der Waals surface area contributed by atoms with E-state index in [9.17, 15) is 4.79 Å². The summed E-state index contributed by atoms with van der Waals surface area (Å²) in [6, 6.07) is 9.61. The number of benzene rings is 1. The van der Waals surface area contributed by atoms with E-state index < -0.39 is 0 Å². The topological polar surface area (TPSA) is 67.4 Å². The Morgan fingerprint density at radius 1 is 1.22 bits per heavy atom. The molecular weight excluding hydrogens is 360 g/mol. The average Bonchev–Trinajstić information content (AvgIpc) is 3.16. The van der Waals surface area contributed by atoms with Gasteiger partial charge >= 0.3 is 0 Å². The second kappa shape index (κ2) is 7.62. The third-order valence-corrected chi connectivity index (χ3v) is 5.39. The van der Waals surface area contributed by atoms with Crippen molar-refractivity contribution in [3.05, 3.63) is 47.0 Å². The largest absolute Gasteiger partial charge is 0.378 e. The highest BCUT2D eigenvalue weighted by molar-refractivity contribution is 7.14. The lowest BCUT2D eigenvalue weighted by Crippen LogP contribution is -2.37. The zero-order valence-corrected chi connectivity index (χ0v) is 16.3. The Morgan fingerprint density at radius 2 is 2.00 bits per heavy atom. The number of anilines is 2. The quantitative estimate of drug-likeness (QED) is 0.741. The summed E-state index contributed by atoms with van der Waals surface area (Å²) in [4.78, 5) is 24.5. The second-order valence-electron chi connectivity index (χ2n) is 6.83. The summed E-state index contributed by atoms with van der Waals surface area (Å²) in [6.07, 6.45) is 0. The molecule has 0 unspecified atom stereocenters. The summed E-state index contributed by atoms with van der Waals surface area (Å²) in [6.45, 7) is 7.07. The Balaban J connectivity index is 1.68. The lowest BCUT2D eigenvalue weighted by molar-refractivity contribution is 0.102. The zero-order valence-electron chi connectivity index (χ0n) is 15.4. The van der Waals surface area contributed by atoms with Crippen LogP contribution in [0.2, 0.25) is 0 Å². The molecule has 7 heteroatoms. The molecule has 0 aliphatic carbocycles. The van der Waals surface area contributed by atoms with E-state index in [1.807, 2.05) is 35.7 Å². The lowest BCUT2D eigenvalue weighted by Gasteiger charge is -2.28. The Kier molecular flexibility index (Phi) is 5.05. The fourth-order valence-electron chi connectivity index (χ4n) is 3.08. The minimum Gasteiger partial charge on any atom is -0.378 e. The number of carbonyl (C=O) groups excluding carboxylic acids is 1. The standard InChI is InChI=1S/C20H22N4O2S/c1-13(2)17-12-27-20(22-17)23-19(25)15-11-18(24-7-9-26-10-8-24)21-16-6-4-3-5-14(15)16/h3-6,11-13H,7-10H2,1-2H3,(H,22,23,25). The summed E-state index contributed by atoms with van der Waals surface area (Å²) in [5.74, 6) is 0.985. The molecule has 27 heavy (non-hydrogen) atoms. The first kappa shape index (κ1) is 17.9. The SMILES string of the molecule is CC(C)c1csc(NC(=O)c2cc(N3CCOCC3)nc3ccccc23)n1. The van der Waals surface area contributed by atoms with Gasteiger partial charge in [-0.1, -0.05) is 32.0 Å². The number of hydrogen-bond donors (Lipinski definition) is 1. The predicted octanol–water partition coefficient (Wildman–Crippen LogP) is 3.90. The average molecular weight is 382 g/mol. The Hall–Kier alpha value is -2.51. The normalized spacial score (nSPS) is 14.7. The number of para-hydroxylation sites is 1. The van der Waals surface area contributed by atoms with Gasteiger partial charge in [-0.25, -0.2) is 9.97 Å². The maximum absolute atomic E-state index is 13.0. The van der Waals surface area contributed by atoms with Crippen molar-refractivity contribution in [1.82, 2.24) is 9.97 Å². The van der Waals surface area contributed by atoms with Gasteiger partial charge in [0.25, 0.3) is 5.91 Å². The maximum atomic E-state index is 13.0. The summed E-state index contributed by atoms with van der Waals surface area (Å²) in [5.41, 5.74) is 2.42. The number of nitrogens with zero attached hydrogens (tertiary/aromatic N) is 3. The molecule has 1 aliphatic rings. The highest BCUT2D eigenvalue weighted by atomic mass is 32.1. The number of rotatable bonds is 4. The van der Waals surface area contributed by atoms with Gasteiger partial charge in [-0.05, 0) is 18.1 Å². The van der Waals surface area contributed by atoms with E-state index in [2.05, 4.69) is 29.0 Å². The molecule has 6 nitrogen and oxygen atoms in total. The van der Waals surface area contributed by atoms with Crippen molar-refractivity contribution in [3.8, 4) is 0 Å². The van der Waals surface area contributed by atoms with Gasteiger partial charge < -0.3 is 9.64 Å². The number of pyridine rings is 1. The van der Waals surface area contributed by atoms with Crippen LogP contribution in [0.25, 0.3) is 10.9 Å². The highest BCUT2D eigenvalue weighted by Gasteiger charge is 2.19. The number of amides is 1. The summed E-state index contributed by atoms with van der Waals surface area (Å²) < 4.78 is 5.43. The van der Waals surface area contributed by atoms with Crippen LogP contribution in [0.1, 0.15) is 35.8 Å². The molecule has 1 aromatic carbocycles. The first-order valence-corrected chi connectivity index (χ1v) is 9.99. The van der Waals surface area contributed by atoms with Gasteiger partial charge in [0, 0.05) is 23.9 Å².